The van der Waals surface area contributed by atoms with Crippen LogP contribution in [-0.2, 0) is 9.47 Å². The zero-order valence-electron chi connectivity index (χ0n) is 14.5. The van der Waals surface area contributed by atoms with Crippen molar-refractivity contribution in [1.82, 2.24) is 10.2 Å². The maximum absolute atomic E-state index is 5.23. The smallest absolute Gasteiger partial charge is 0.0589 e. The standard InChI is InChI=1S/C16H36N2O2/c1-7-16(8-2,13-17-15(3)4)14-18(9-11-19-5)10-12-20-6/h15,17H,7-14H2,1-6H3. The summed E-state index contributed by atoms with van der Waals surface area (Å²) in [5, 5.41) is 3.62. The lowest BCUT2D eigenvalue weighted by atomic mass is 9.81. The summed E-state index contributed by atoms with van der Waals surface area (Å²) in [6.07, 6.45) is 2.39. The summed E-state index contributed by atoms with van der Waals surface area (Å²) in [5.74, 6) is 0. The van der Waals surface area contributed by atoms with Gasteiger partial charge in [0.05, 0.1) is 13.2 Å². The van der Waals surface area contributed by atoms with Crippen LogP contribution in [0.4, 0.5) is 0 Å². The average Bonchev–Trinajstić information content (AvgIpc) is 2.45. The topological polar surface area (TPSA) is 33.7 Å². The third kappa shape index (κ3) is 8.20. The maximum Gasteiger partial charge on any atom is 0.0589 e. The van der Waals surface area contributed by atoms with Gasteiger partial charge in [0.2, 0.25) is 0 Å². The van der Waals surface area contributed by atoms with E-state index in [1.807, 2.05) is 0 Å². The van der Waals surface area contributed by atoms with Crippen LogP contribution in [-0.4, -0.2) is 64.6 Å². The van der Waals surface area contributed by atoms with Crippen molar-refractivity contribution in [2.24, 2.45) is 5.41 Å². The van der Waals surface area contributed by atoms with Gasteiger partial charge in [-0.15, -0.1) is 0 Å². The minimum absolute atomic E-state index is 0.339. The number of rotatable bonds is 13. The molecule has 0 bridgehead atoms. The van der Waals surface area contributed by atoms with E-state index >= 15 is 0 Å². The van der Waals surface area contributed by atoms with Crippen molar-refractivity contribution in [2.75, 3.05) is 53.6 Å². The molecule has 0 spiro atoms. The zero-order chi connectivity index (χ0) is 15.4. The van der Waals surface area contributed by atoms with Gasteiger partial charge >= 0.3 is 0 Å². The predicted molar refractivity (Wildman–Crippen MR) is 86.3 cm³/mol. The van der Waals surface area contributed by atoms with Gasteiger partial charge in [-0.25, -0.2) is 0 Å². The van der Waals surface area contributed by atoms with Crippen LogP contribution in [0.25, 0.3) is 0 Å². The first-order chi connectivity index (χ1) is 9.53. The molecule has 1 N–H and O–H groups in total. The second kappa shape index (κ2) is 11.5. The van der Waals surface area contributed by atoms with E-state index in [0.29, 0.717) is 11.5 Å². The Bertz CT molecular complexity index is 211. The fourth-order valence-electron chi connectivity index (χ4n) is 2.39. The molecule has 4 heteroatoms. The highest BCUT2D eigenvalue weighted by atomic mass is 16.5. The Kier molecular flexibility index (Phi) is 11.4. The normalized spacial score (nSPS) is 12.6. The number of hydrogen-bond donors (Lipinski definition) is 1. The molecule has 0 aliphatic heterocycles. The third-order valence-corrected chi connectivity index (χ3v) is 4.17. The van der Waals surface area contributed by atoms with Crippen molar-refractivity contribution >= 4 is 0 Å². The van der Waals surface area contributed by atoms with E-state index < -0.39 is 0 Å². The Balaban J connectivity index is 4.59. The molecule has 0 aromatic rings. The van der Waals surface area contributed by atoms with E-state index in [-0.39, 0.29) is 0 Å². The fourth-order valence-corrected chi connectivity index (χ4v) is 2.39. The summed E-state index contributed by atoms with van der Waals surface area (Å²) >= 11 is 0. The number of nitrogens with one attached hydrogen (secondary N) is 1. The Morgan fingerprint density at radius 3 is 1.85 bits per heavy atom. The summed E-state index contributed by atoms with van der Waals surface area (Å²) in [4.78, 5) is 2.47. The Morgan fingerprint density at radius 1 is 1.00 bits per heavy atom. The van der Waals surface area contributed by atoms with E-state index in [1.54, 1.807) is 14.2 Å². The Morgan fingerprint density at radius 2 is 1.50 bits per heavy atom. The highest BCUT2D eigenvalue weighted by Gasteiger charge is 2.28. The third-order valence-electron chi connectivity index (χ3n) is 4.17. The monoisotopic (exact) mass is 288 g/mol. The van der Waals surface area contributed by atoms with Crippen LogP contribution >= 0.6 is 0 Å². The van der Waals surface area contributed by atoms with Gasteiger partial charge in [-0.1, -0.05) is 27.7 Å². The fraction of sp³-hybridized carbons (Fsp3) is 1.00. The molecule has 122 valence electrons. The van der Waals surface area contributed by atoms with Crippen molar-refractivity contribution in [3.8, 4) is 0 Å². The van der Waals surface area contributed by atoms with Gasteiger partial charge in [-0.3, -0.25) is 4.90 Å². The minimum Gasteiger partial charge on any atom is -0.383 e. The molecule has 0 aromatic carbocycles. The zero-order valence-corrected chi connectivity index (χ0v) is 14.5. The summed E-state index contributed by atoms with van der Waals surface area (Å²) in [5.41, 5.74) is 0.339. The van der Waals surface area contributed by atoms with Crippen LogP contribution in [0.5, 0.6) is 0 Å². The molecule has 0 saturated heterocycles. The summed E-state index contributed by atoms with van der Waals surface area (Å²) in [6, 6.07) is 0.541. The maximum atomic E-state index is 5.23. The SMILES string of the molecule is CCC(CC)(CNC(C)C)CN(CCOC)CCOC. The first-order valence-corrected chi connectivity index (χ1v) is 7.97. The lowest BCUT2D eigenvalue weighted by molar-refractivity contribution is 0.0732. The molecule has 0 aliphatic carbocycles. The second-order valence-corrected chi connectivity index (χ2v) is 6.00. The van der Waals surface area contributed by atoms with Crippen molar-refractivity contribution < 1.29 is 9.47 Å². The number of hydrogen-bond acceptors (Lipinski definition) is 4. The lowest BCUT2D eigenvalue weighted by Crippen LogP contribution is -2.46. The van der Waals surface area contributed by atoms with Crippen LogP contribution < -0.4 is 5.32 Å². The van der Waals surface area contributed by atoms with Crippen molar-refractivity contribution in [2.45, 2.75) is 46.6 Å². The molecule has 0 saturated carbocycles. The van der Waals surface area contributed by atoms with Gasteiger partial charge in [0.25, 0.3) is 0 Å². The molecule has 0 unspecified atom stereocenters. The Labute approximate surface area is 126 Å². The molecule has 0 fully saturated rings. The average molecular weight is 288 g/mol. The number of ether oxygens (including phenoxy) is 2. The molecule has 0 heterocycles. The summed E-state index contributed by atoms with van der Waals surface area (Å²) in [6.45, 7) is 14.7. The van der Waals surface area contributed by atoms with E-state index in [1.165, 1.54) is 12.8 Å². The highest BCUT2D eigenvalue weighted by molar-refractivity contribution is 4.83. The molecule has 0 aliphatic rings. The second-order valence-electron chi connectivity index (χ2n) is 6.00. The van der Waals surface area contributed by atoms with Gasteiger partial charge in [0.15, 0.2) is 0 Å². The molecule has 0 aromatic heterocycles. The molecule has 20 heavy (non-hydrogen) atoms. The van der Waals surface area contributed by atoms with Crippen LogP contribution in [0.15, 0.2) is 0 Å². The first kappa shape index (κ1) is 19.8. The van der Waals surface area contributed by atoms with Gasteiger partial charge in [-0.05, 0) is 18.3 Å². The van der Waals surface area contributed by atoms with E-state index in [2.05, 4.69) is 37.9 Å². The van der Waals surface area contributed by atoms with Gasteiger partial charge in [0, 0.05) is 46.4 Å². The summed E-state index contributed by atoms with van der Waals surface area (Å²) < 4.78 is 10.5. The van der Waals surface area contributed by atoms with Crippen LogP contribution in [0.2, 0.25) is 0 Å². The predicted octanol–water partition coefficient (Wildman–Crippen LogP) is 2.39. The van der Waals surface area contributed by atoms with Crippen LogP contribution in [0.1, 0.15) is 40.5 Å². The first-order valence-electron chi connectivity index (χ1n) is 7.97. The molecule has 0 atom stereocenters. The van der Waals surface area contributed by atoms with Crippen molar-refractivity contribution in [1.29, 1.82) is 0 Å². The van der Waals surface area contributed by atoms with Gasteiger partial charge in [0.1, 0.15) is 0 Å². The van der Waals surface area contributed by atoms with E-state index in [9.17, 15) is 0 Å². The van der Waals surface area contributed by atoms with Gasteiger partial charge in [-0.2, -0.15) is 0 Å². The number of methoxy groups -OCH3 is 2. The molecule has 0 rings (SSSR count). The molecular weight excluding hydrogens is 252 g/mol. The van der Waals surface area contributed by atoms with E-state index in [0.717, 1.165) is 39.4 Å². The van der Waals surface area contributed by atoms with Gasteiger partial charge < -0.3 is 14.8 Å². The Hall–Kier alpha value is -0.160. The van der Waals surface area contributed by atoms with Crippen molar-refractivity contribution in [3.05, 3.63) is 0 Å². The molecule has 4 nitrogen and oxygen atoms in total. The quantitative estimate of drug-likeness (QED) is 0.564. The summed E-state index contributed by atoms with van der Waals surface area (Å²) in [7, 11) is 3.53. The van der Waals surface area contributed by atoms with E-state index in [4.69, 9.17) is 9.47 Å². The molecule has 0 radical (unpaired) electrons. The largest absolute Gasteiger partial charge is 0.383 e. The van der Waals surface area contributed by atoms with Crippen molar-refractivity contribution in [3.63, 3.8) is 0 Å². The van der Waals surface area contributed by atoms with Crippen LogP contribution in [0.3, 0.4) is 0 Å². The lowest BCUT2D eigenvalue weighted by Gasteiger charge is -2.38. The highest BCUT2D eigenvalue weighted by Crippen LogP contribution is 2.27. The molecule has 0 amide bonds. The van der Waals surface area contributed by atoms with Crippen LogP contribution in [0, 0.1) is 5.41 Å². The minimum atomic E-state index is 0.339. The number of nitrogens with zero attached hydrogens (tertiary/aromatic N) is 1. The molecular formula is C16H36N2O2.